The molecule has 0 saturated heterocycles. The minimum absolute atomic E-state index is 0.168. The fourth-order valence-corrected chi connectivity index (χ4v) is 4.62. The summed E-state index contributed by atoms with van der Waals surface area (Å²) in [6.45, 7) is 0.181. The van der Waals surface area contributed by atoms with Gasteiger partial charge in [-0.25, -0.2) is 0 Å². The lowest BCUT2D eigenvalue weighted by Crippen LogP contribution is -2.28. The third-order valence-electron chi connectivity index (χ3n) is 5.22. The molecule has 0 radical (unpaired) electrons. The molecule has 0 unspecified atom stereocenters. The first kappa shape index (κ1) is 22.5. The van der Waals surface area contributed by atoms with Gasteiger partial charge in [-0.15, -0.1) is 0 Å². The molecule has 0 fully saturated rings. The maximum Gasteiger partial charge on any atom is 0.264 e. The molecule has 2 N–H and O–H groups in total. The second-order valence-electron chi connectivity index (χ2n) is 7.39. The summed E-state index contributed by atoms with van der Waals surface area (Å²) in [4.78, 5) is 27.9. The van der Waals surface area contributed by atoms with E-state index >= 15 is 0 Å². The van der Waals surface area contributed by atoms with E-state index in [1.54, 1.807) is 48.5 Å². The maximum atomic E-state index is 13.4. The van der Waals surface area contributed by atoms with Crippen LogP contribution in [0.2, 0.25) is 10.0 Å². The number of hydrogen-bond donors (Lipinski definition) is 2. The number of nitrogens with zero attached hydrogens (tertiary/aromatic N) is 1. The monoisotopic (exact) mass is 492 g/mol. The zero-order chi connectivity index (χ0) is 23.0. The van der Waals surface area contributed by atoms with Crippen molar-refractivity contribution in [1.29, 1.82) is 0 Å². The molecule has 4 rings (SSSR count). The Hall–Kier alpha value is -2.65. The predicted octanol–water partition coefficient (Wildman–Crippen LogP) is 3.76. The third kappa shape index (κ3) is 4.45. The molecule has 166 valence electrons. The maximum absolute atomic E-state index is 13.4. The van der Waals surface area contributed by atoms with Crippen LogP contribution in [0.1, 0.15) is 24.0 Å². The highest BCUT2D eigenvalue weighted by Crippen LogP contribution is 2.42. The highest BCUT2D eigenvalue weighted by Gasteiger charge is 2.45. The standard InChI is InChI=1S/C22H18Cl2N2O5S/c23-15-7-3-13(4-8-15)19-17-18(21(27)25-19)20(14-5-9-16(24)10-6-14)26(22(17)28)11-1-2-12-32(29,30)31/h3-10H,1-2,11-12H2,(H,25,27)(H,29,30,31). The van der Waals surface area contributed by atoms with Gasteiger partial charge in [0.2, 0.25) is 0 Å². The summed E-state index contributed by atoms with van der Waals surface area (Å²) in [6, 6.07) is 13.6. The van der Waals surface area contributed by atoms with Gasteiger partial charge in [0.25, 0.3) is 21.9 Å². The smallest absolute Gasteiger partial charge is 0.264 e. The summed E-state index contributed by atoms with van der Waals surface area (Å²) in [6.07, 6.45) is 0.488. The van der Waals surface area contributed by atoms with E-state index in [4.69, 9.17) is 27.8 Å². The molecule has 2 aromatic carbocycles. The Morgan fingerprint density at radius 3 is 1.97 bits per heavy atom. The number of fused-ring (bicyclic) bond motifs is 1. The highest BCUT2D eigenvalue weighted by molar-refractivity contribution is 7.85. The zero-order valence-corrected chi connectivity index (χ0v) is 19.0. The summed E-state index contributed by atoms with van der Waals surface area (Å²) in [7, 11) is -4.09. The average Bonchev–Trinajstić information content (AvgIpc) is 3.21. The molecule has 2 aliphatic rings. The summed E-state index contributed by atoms with van der Waals surface area (Å²) in [5.41, 5.74) is 2.64. The number of carbonyl (C=O) groups is 2. The molecule has 2 heterocycles. The number of amides is 2. The van der Waals surface area contributed by atoms with Crippen molar-refractivity contribution >= 4 is 56.5 Å². The van der Waals surface area contributed by atoms with Crippen LogP contribution in [0.4, 0.5) is 0 Å². The SMILES string of the molecule is O=C1NC(c2ccc(Cl)cc2)=C2C(=O)N(CCCCS(=O)(=O)O)C(c3ccc(Cl)cc3)=C12. The van der Waals surface area contributed by atoms with Gasteiger partial charge in [0.05, 0.1) is 28.3 Å². The van der Waals surface area contributed by atoms with E-state index in [1.807, 2.05) is 0 Å². The van der Waals surface area contributed by atoms with Crippen LogP contribution in [0, 0.1) is 0 Å². The van der Waals surface area contributed by atoms with Gasteiger partial charge in [0, 0.05) is 16.6 Å². The van der Waals surface area contributed by atoms with Crippen LogP contribution in [0.15, 0.2) is 59.7 Å². The molecule has 7 nitrogen and oxygen atoms in total. The van der Waals surface area contributed by atoms with E-state index in [9.17, 15) is 18.0 Å². The summed E-state index contributed by atoms with van der Waals surface area (Å²) >= 11 is 12.0. The average molecular weight is 493 g/mol. The Morgan fingerprint density at radius 1 is 0.844 bits per heavy atom. The van der Waals surface area contributed by atoms with Crippen molar-refractivity contribution in [2.45, 2.75) is 12.8 Å². The van der Waals surface area contributed by atoms with Crippen molar-refractivity contribution in [3.8, 4) is 0 Å². The third-order valence-corrected chi connectivity index (χ3v) is 6.52. The van der Waals surface area contributed by atoms with E-state index in [1.165, 1.54) is 4.90 Å². The molecule has 0 spiro atoms. The van der Waals surface area contributed by atoms with Crippen LogP contribution in [-0.2, 0) is 19.7 Å². The van der Waals surface area contributed by atoms with Gasteiger partial charge in [-0.2, -0.15) is 8.42 Å². The predicted molar refractivity (Wildman–Crippen MR) is 122 cm³/mol. The van der Waals surface area contributed by atoms with Crippen molar-refractivity contribution in [2.24, 2.45) is 0 Å². The first-order chi connectivity index (χ1) is 15.2. The summed E-state index contributed by atoms with van der Waals surface area (Å²) in [5.74, 6) is -1.16. The van der Waals surface area contributed by atoms with E-state index in [-0.39, 0.29) is 30.0 Å². The van der Waals surface area contributed by atoms with Gasteiger partial charge < -0.3 is 10.2 Å². The van der Waals surface area contributed by atoms with Crippen molar-refractivity contribution in [1.82, 2.24) is 10.2 Å². The zero-order valence-electron chi connectivity index (χ0n) is 16.6. The quantitative estimate of drug-likeness (QED) is 0.452. The number of carbonyl (C=O) groups excluding carboxylic acids is 2. The lowest BCUT2D eigenvalue weighted by atomic mass is 10.0. The molecule has 0 aromatic heterocycles. The van der Waals surface area contributed by atoms with Crippen LogP contribution in [0.3, 0.4) is 0 Å². The first-order valence-corrected chi connectivity index (χ1v) is 12.1. The minimum Gasteiger partial charge on any atom is -0.321 e. The highest BCUT2D eigenvalue weighted by atomic mass is 35.5. The number of hydrogen-bond acceptors (Lipinski definition) is 4. The largest absolute Gasteiger partial charge is 0.321 e. The molecule has 10 heteroatoms. The number of halogens is 2. The fraction of sp³-hybridized carbons (Fsp3) is 0.182. The second kappa shape index (κ2) is 8.71. The lowest BCUT2D eigenvalue weighted by Gasteiger charge is -2.21. The number of rotatable bonds is 7. The van der Waals surface area contributed by atoms with E-state index < -0.39 is 21.8 Å². The second-order valence-corrected chi connectivity index (χ2v) is 9.84. The van der Waals surface area contributed by atoms with Crippen LogP contribution in [0.25, 0.3) is 11.4 Å². The van der Waals surface area contributed by atoms with Crippen molar-refractivity contribution < 1.29 is 22.6 Å². The van der Waals surface area contributed by atoms with Gasteiger partial charge in [-0.05, 0) is 48.2 Å². The fourth-order valence-electron chi connectivity index (χ4n) is 3.80. The van der Waals surface area contributed by atoms with Gasteiger partial charge in [0.15, 0.2) is 0 Å². The molecule has 32 heavy (non-hydrogen) atoms. The lowest BCUT2D eigenvalue weighted by molar-refractivity contribution is -0.123. The van der Waals surface area contributed by atoms with Crippen molar-refractivity contribution in [3.05, 3.63) is 80.8 Å². The summed E-state index contributed by atoms with van der Waals surface area (Å²) < 4.78 is 31.0. The van der Waals surface area contributed by atoms with Gasteiger partial charge >= 0.3 is 0 Å². The molecule has 0 saturated carbocycles. The van der Waals surface area contributed by atoms with Gasteiger partial charge in [-0.1, -0.05) is 47.5 Å². The molecule has 0 aliphatic carbocycles. The Bertz CT molecular complexity index is 1270. The van der Waals surface area contributed by atoms with Crippen LogP contribution < -0.4 is 5.32 Å². The van der Waals surface area contributed by atoms with E-state index in [0.717, 1.165) is 0 Å². The Kier molecular flexibility index (Phi) is 6.13. The van der Waals surface area contributed by atoms with Gasteiger partial charge in [0.1, 0.15) is 0 Å². The first-order valence-electron chi connectivity index (χ1n) is 9.75. The van der Waals surface area contributed by atoms with Crippen LogP contribution >= 0.6 is 23.2 Å². The Morgan fingerprint density at radius 2 is 1.41 bits per heavy atom. The van der Waals surface area contributed by atoms with Crippen molar-refractivity contribution in [2.75, 3.05) is 12.3 Å². The molecular weight excluding hydrogens is 475 g/mol. The van der Waals surface area contributed by atoms with Crippen molar-refractivity contribution in [3.63, 3.8) is 0 Å². The molecule has 0 atom stereocenters. The normalized spacial score (nSPS) is 16.2. The van der Waals surface area contributed by atoms with E-state index in [0.29, 0.717) is 39.0 Å². The molecular formula is C22H18Cl2N2O5S. The molecule has 2 amide bonds. The summed E-state index contributed by atoms with van der Waals surface area (Å²) in [5, 5.41) is 3.83. The Balaban J connectivity index is 1.77. The van der Waals surface area contributed by atoms with Gasteiger partial charge in [-0.3, -0.25) is 14.1 Å². The van der Waals surface area contributed by atoms with Crippen LogP contribution in [0.5, 0.6) is 0 Å². The van der Waals surface area contributed by atoms with Crippen LogP contribution in [-0.4, -0.2) is 42.0 Å². The minimum atomic E-state index is -4.09. The Labute approximate surface area is 195 Å². The number of benzene rings is 2. The molecule has 2 aliphatic heterocycles. The number of nitrogens with one attached hydrogen (secondary N) is 1. The molecule has 2 aromatic rings. The number of unbranched alkanes of at least 4 members (excludes halogenated alkanes) is 1. The topological polar surface area (TPSA) is 104 Å². The van der Waals surface area contributed by atoms with E-state index in [2.05, 4.69) is 5.32 Å². The molecule has 0 bridgehead atoms.